The van der Waals surface area contributed by atoms with Gasteiger partial charge >= 0.3 is 0 Å². The number of likely N-dealkylation sites (N-methyl/N-ethyl adjacent to an activating group) is 1. The molecule has 0 spiro atoms. The van der Waals surface area contributed by atoms with Gasteiger partial charge in [-0.25, -0.2) is 9.97 Å². The van der Waals surface area contributed by atoms with E-state index in [0.29, 0.717) is 18.7 Å². The molecule has 5 nitrogen and oxygen atoms in total. The van der Waals surface area contributed by atoms with E-state index >= 15 is 0 Å². The summed E-state index contributed by atoms with van der Waals surface area (Å²) in [6.45, 7) is 8.02. The van der Waals surface area contributed by atoms with Crippen molar-refractivity contribution in [3.8, 4) is 0 Å². The fourth-order valence-electron chi connectivity index (χ4n) is 2.94. The average Bonchev–Trinajstić information content (AvgIpc) is 3.06. The lowest BCUT2D eigenvalue weighted by molar-refractivity contribution is 0.0539. The molecule has 0 radical (unpaired) electrons. The molecular formula is C18H23N3O2. The van der Waals surface area contributed by atoms with Gasteiger partial charge in [-0.3, -0.25) is 4.79 Å². The van der Waals surface area contributed by atoms with Crippen molar-refractivity contribution in [2.24, 2.45) is 0 Å². The van der Waals surface area contributed by atoms with Crippen LogP contribution in [0, 0.1) is 13.8 Å². The van der Waals surface area contributed by atoms with Crippen LogP contribution in [0.3, 0.4) is 0 Å². The third kappa shape index (κ3) is 3.34. The molecule has 0 aliphatic carbocycles. The van der Waals surface area contributed by atoms with Gasteiger partial charge in [0.05, 0.1) is 28.5 Å². The Labute approximate surface area is 136 Å². The van der Waals surface area contributed by atoms with Crippen LogP contribution in [0.15, 0.2) is 18.2 Å². The van der Waals surface area contributed by atoms with E-state index in [2.05, 4.69) is 9.97 Å². The van der Waals surface area contributed by atoms with Crippen LogP contribution in [0.1, 0.15) is 41.5 Å². The van der Waals surface area contributed by atoms with Crippen LogP contribution in [0.25, 0.3) is 11.0 Å². The number of hydrogen-bond donors (Lipinski definition) is 0. The molecule has 5 heteroatoms. The molecule has 23 heavy (non-hydrogen) atoms. The van der Waals surface area contributed by atoms with Gasteiger partial charge in [0.1, 0.15) is 0 Å². The average molecular weight is 313 g/mol. The van der Waals surface area contributed by atoms with Crippen LogP contribution in [-0.2, 0) is 4.74 Å². The van der Waals surface area contributed by atoms with Crippen molar-refractivity contribution in [1.82, 2.24) is 14.9 Å². The van der Waals surface area contributed by atoms with E-state index in [1.807, 2.05) is 43.9 Å². The first-order valence-electron chi connectivity index (χ1n) is 8.24. The number of nitrogens with zero attached hydrogens (tertiary/aromatic N) is 3. The van der Waals surface area contributed by atoms with Gasteiger partial charge in [-0.2, -0.15) is 0 Å². The molecule has 1 atom stereocenters. The largest absolute Gasteiger partial charge is 0.376 e. The number of benzene rings is 1. The minimum atomic E-state index is 0.0323. The number of carbonyl (C=O) groups is 1. The predicted octanol–water partition coefficient (Wildman–Crippen LogP) is 2.89. The second-order valence-electron chi connectivity index (χ2n) is 6.08. The van der Waals surface area contributed by atoms with Gasteiger partial charge in [0.15, 0.2) is 0 Å². The van der Waals surface area contributed by atoms with Crippen LogP contribution in [-0.4, -0.2) is 46.6 Å². The maximum atomic E-state index is 12.8. The molecule has 1 aromatic carbocycles. The Morgan fingerprint density at radius 3 is 2.65 bits per heavy atom. The maximum absolute atomic E-state index is 12.8. The summed E-state index contributed by atoms with van der Waals surface area (Å²) in [5.74, 6) is 0.0323. The summed E-state index contributed by atoms with van der Waals surface area (Å²) >= 11 is 0. The molecule has 2 heterocycles. The van der Waals surface area contributed by atoms with Crippen LogP contribution in [0.2, 0.25) is 0 Å². The Morgan fingerprint density at radius 1 is 1.26 bits per heavy atom. The molecular weight excluding hydrogens is 290 g/mol. The summed E-state index contributed by atoms with van der Waals surface area (Å²) in [5.41, 5.74) is 4.08. The SMILES string of the molecule is CCN(C[C@@H]1CCCO1)C(=O)c1ccc2nc(C)c(C)nc2c1. The number of rotatable bonds is 4. The zero-order chi connectivity index (χ0) is 16.4. The second kappa shape index (κ2) is 6.62. The van der Waals surface area contributed by atoms with E-state index in [0.717, 1.165) is 41.9 Å². The first-order valence-corrected chi connectivity index (χ1v) is 8.24. The lowest BCUT2D eigenvalue weighted by atomic mass is 10.1. The quantitative estimate of drug-likeness (QED) is 0.871. The lowest BCUT2D eigenvalue weighted by Gasteiger charge is -2.24. The van der Waals surface area contributed by atoms with Gasteiger partial charge < -0.3 is 9.64 Å². The Kier molecular flexibility index (Phi) is 4.57. The monoisotopic (exact) mass is 313 g/mol. The van der Waals surface area contributed by atoms with E-state index in [-0.39, 0.29) is 12.0 Å². The van der Waals surface area contributed by atoms with Crippen LogP contribution in [0.4, 0.5) is 0 Å². The zero-order valence-corrected chi connectivity index (χ0v) is 14.0. The molecule has 0 unspecified atom stereocenters. The summed E-state index contributed by atoms with van der Waals surface area (Å²) in [7, 11) is 0. The summed E-state index contributed by atoms with van der Waals surface area (Å²) in [4.78, 5) is 23.7. The highest BCUT2D eigenvalue weighted by Gasteiger charge is 2.22. The van der Waals surface area contributed by atoms with Gasteiger partial charge in [0.2, 0.25) is 0 Å². The summed E-state index contributed by atoms with van der Waals surface area (Å²) < 4.78 is 5.65. The van der Waals surface area contributed by atoms with Crippen molar-refractivity contribution in [2.45, 2.75) is 39.7 Å². The normalized spacial score (nSPS) is 17.6. The van der Waals surface area contributed by atoms with Crippen LogP contribution in [0.5, 0.6) is 0 Å². The number of amides is 1. The first kappa shape index (κ1) is 15.9. The molecule has 1 aliphatic rings. The number of fused-ring (bicyclic) bond motifs is 1. The molecule has 122 valence electrons. The third-order valence-corrected chi connectivity index (χ3v) is 4.44. The highest BCUT2D eigenvalue weighted by atomic mass is 16.5. The minimum absolute atomic E-state index is 0.0323. The Hall–Kier alpha value is -2.01. The smallest absolute Gasteiger partial charge is 0.254 e. The predicted molar refractivity (Wildman–Crippen MR) is 89.6 cm³/mol. The van der Waals surface area contributed by atoms with Crippen LogP contribution >= 0.6 is 0 Å². The van der Waals surface area contributed by atoms with E-state index in [4.69, 9.17) is 4.74 Å². The summed E-state index contributed by atoms with van der Waals surface area (Å²) in [6.07, 6.45) is 2.29. The fraction of sp³-hybridized carbons (Fsp3) is 0.500. The summed E-state index contributed by atoms with van der Waals surface area (Å²) in [5, 5.41) is 0. The maximum Gasteiger partial charge on any atom is 0.254 e. The molecule has 1 amide bonds. The second-order valence-corrected chi connectivity index (χ2v) is 6.08. The van der Waals surface area contributed by atoms with Crippen LogP contribution < -0.4 is 0 Å². The molecule has 3 rings (SSSR count). The van der Waals surface area contributed by atoms with Crippen molar-refractivity contribution in [1.29, 1.82) is 0 Å². The number of ether oxygens (including phenoxy) is 1. The fourth-order valence-corrected chi connectivity index (χ4v) is 2.94. The van der Waals surface area contributed by atoms with Gasteiger partial charge in [-0.1, -0.05) is 0 Å². The third-order valence-electron chi connectivity index (χ3n) is 4.44. The van der Waals surface area contributed by atoms with E-state index < -0.39 is 0 Å². The topological polar surface area (TPSA) is 55.3 Å². The van der Waals surface area contributed by atoms with E-state index in [1.165, 1.54) is 0 Å². The van der Waals surface area contributed by atoms with Gasteiger partial charge in [-0.15, -0.1) is 0 Å². The number of aromatic nitrogens is 2. The molecule has 1 fully saturated rings. The number of carbonyl (C=O) groups excluding carboxylic acids is 1. The van der Waals surface area contributed by atoms with Gasteiger partial charge in [0, 0.05) is 25.3 Å². The first-order chi connectivity index (χ1) is 11.1. The number of hydrogen-bond acceptors (Lipinski definition) is 4. The molecule has 0 N–H and O–H groups in total. The highest BCUT2D eigenvalue weighted by Crippen LogP contribution is 2.18. The molecule has 2 aromatic rings. The lowest BCUT2D eigenvalue weighted by Crippen LogP contribution is -2.37. The molecule has 0 saturated carbocycles. The van der Waals surface area contributed by atoms with E-state index in [1.54, 1.807) is 0 Å². The molecule has 0 bridgehead atoms. The van der Waals surface area contributed by atoms with Crippen molar-refractivity contribution in [3.05, 3.63) is 35.2 Å². The van der Waals surface area contributed by atoms with Crippen molar-refractivity contribution in [3.63, 3.8) is 0 Å². The minimum Gasteiger partial charge on any atom is -0.376 e. The molecule has 1 aromatic heterocycles. The molecule has 1 aliphatic heterocycles. The Bertz CT molecular complexity index is 724. The summed E-state index contributed by atoms with van der Waals surface area (Å²) in [6, 6.07) is 5.56. The molecule has 1 saturated heterocycles. The van der Waals surface area contributed by atoms with Crippen molar-refractivity contribution in [2.75, 3.05) is 19.7 Å². The standard InChI is InChI=1S/C18H23N3O2/c1-4-21(11-15-6-5-9-23-15)18(22)14-7-8-16-17(10-14)20-13(3)12(2)19-16/h7-8,10,15H,4-6,9,11H2,1-3H3/t15-/m0/s1. The van der Waals surface area contributed by atoms with Gasteiger partial charge in [0.25, 0.3) is 5.91 Å². The zero-order valence-electron chi connectivity index (χ0n) is 14.0. The number of aryl methyl sites for hydroxylation is 2. The van der Waals surface area contributed by atoms with Crippen molar-refractivity contribution >= 4 is 16.9 Å². The Balaban J connectivity index is 1.85. The van der Waals surface area contributed by atoms with Gasteiger partial charge in [-0.05, 0) is 51.8 Å². The highest BCUT2D eigenvalue weighted by molar-refractivity contribution is 5.97. The Morgan fingerprint density at radius 2 is 2.00 bits per heavy atom. The van der Waals surface area contributed by atoms with E-state index in [9.17, 15) is 4.79 Å². The van der Waals surface area contributed by atoms with Crippen molar-refractivity contribution < 1.29 is 9.53 Å².